The van der Waals surface area contributed by atoms with E-state index in [1.165, 1.54) is 0 Å². The maximum atomic E-state index is 5.70. The molecule has 1 fully saturated rings. The molecule has 2 aromatic carbocycles. The van der Waals surface area contributed by atoms with Crippen LogP contribution in [0.4, 0.5) is 0 Å². The molecule has 0 radical (unpaired) electrons. The molecule has 1 heterocycles. The van der Waals surface area contributed by atoms with Crippen LogP contribution in [0.3, 0.4) is 0 Å². The lowest BCUT2D eigenvalue weighted by Crippen LogP contribution is -2.41. The number of nitrogens with zero attached hydrogens (tertiary/aromatic N) is 4. The molecule has 8 nitrogen and oxygen atoms in total. The Hall–Kier alpha value is -3.42. The van der Waals surface area contributed by atoms with E-state index in [4.69, 9.17) is 18.9 Å². The molecule has 3 rings (SSSR count). The predicted octanol–water partition coefficient (Wildman–Crippen LogP) is 4.27. The Labute approximate surface area is 202 Å². The molecular formula is C26H36N4O4. The lowest BCUT2D eigenvalue weighted by molar-refractivity contribution is 0.141. The van der Waals surface area contributed by atoms with Crippen molar-refractivity contribution in [1.82, 2.24) is 10.0 Å². The molecular weight excluding hydrogens is 432 g/mol. The fraction of sp³-hybridized carbons (Fsp3) is 0.462. The molecule has 8 heteroatoms. The average molecular weight is 469 g/mol. The molecule has 0 aromatic heterocycles. The molecule has 0 spiro atoms. The summed E-state index contributed by atoms with van der Waals surface area (Å²) in [6.07, 6.45) is 3.73. The van der Waals surface area contributed by atoms with Crippen molar-refractivity contribution in [3.05, 3.63) is 47.5 Å². The number of benzene rings is 2. The van der Waals surface area contributed by atoms with Gasteiger partial charge in [-0.1, -0.05) is 0 Å². The Bertz CT molecular complexity index is 878. The quantitative estimate of drug-likeness (QED) is 0.434. The van der Waals surface area contributed by atoms with E-state index in [0.717, 1.165) is 60.3 Å². The normalized spacial score (nSPS) is 14.1. The van der Waals surface area contributed by atoms with Gasteiger partial charge in [0.2, 0.25) is 0 Å². The maximum Gasteiger partial charge on any atom is 0.161 e. The number of hydrogen-bond acceptors (Lipinski definition) is 8. The molecule has 0 N–H and O–H groups in total. The second kappa shape index (κ2) is 13.3. The Balaban J connectivity index is 1.54. The molecule has 1 aliphatic rings. The second-order valence-corrected chi connectivity index (χ2v) is 7.54. The van der Waals surface area contributed by atoms with Crippen molar-refractivity contribution in [1.29, 1.82) is 0 Å². The third-order valence-electron chi connectivity index (χ3n) is 5.11. The van der Waals surface area contributed by atoms with Gasteiger partial charge >= 0.3 is 0 Å². The standard InChI is InChI=1S/C26H36N4O4/c1-5-31-23-11-9-21(17-25(23)33-7-3)19-27-29-13-15-30(16-14-29)28-20-22-10-12-24(32-6-2)26(18-22)34-8-4/h9-12,17-20H,5-8,13-16H2,1-4H3/b27-19+,28-20+. The molecule has 184 valence electrons. The molecule has 0 saturated carbocycles. The van der Waals surface area contributed by atoms with Crippen LogP contribution in [0, 0.1) is 0 Å². The highest BCUT2D eigenvalue weighted by Crippen LogP contribution is 2.29. The molecule has 0 unspecified atom stereocenters. The first-order valence-corrected chi connectivity index (χ1v) is 12.0. The molecule has 0 atom stereocenters. The fourth-order valence-electron chi connectivity index (χ4n) is 3.51. The number of piperazine rings is 1. The first-order chi connectivity index (χ1) is 16.7. The Morgan fingerprint density at radius 3 is 1.29 bits per heavy atom. The summed E-state index contributed by atoms with van der Waals surface area (Å²) in [4.78, 5) is 0. The van der Waals surface area contributed by atoms with Gasteiger partial charge in [-0.15, -0.1) is 0 Å². The van der Waals surface area contributed by atoms with Crippen molar-refractivity contribution < 1.29 is 18.9 Å². The minimum absolute atomic E-state index is 0.590. The van der Waals surface area contributed by atoms with Crippen molar-refractivity contribution in [2.75, 3.05) is 52.6 Å². The van der Waals surface area contributed by atoms with Gasteiger partial charge in [-0.25, -0.2) is 0 Å². The van der Waals surface area contributed by atoms with E-state index in [2.05, 4.69) is 20.2 Å². The summed E-state index contributed by atoms with van der Waals surface area (Å²) in [5.74, 6) is 3.01. The average Bonchev–Trinajstić information content (AvgIpc) is 2.85. The summed E-state index contributed by atoms with van der Waals surface area (Å²) in [5, 5.41) is 13.4. The second-order valence-electron chi connectivity index (χ2n) is 7.54. The molecule has 0 aliphatic carbocycles. The van der Waals surface area contributed by atoms with Crippen LogP contribution in [0.25, 0.3) is 0 Å². The molecule has 0 bridgehead atoms. The highest BCUT2D eigenvalue weighted by molar-refractivity contribution is 5.81. The minimum atomic E-state index is 0.590. The van der Waals surface area contributed by atoms with Crippen LogP contribution in [0.15, 0.2) is 46.6 Å². The predicted molar refractivity (Wildman–Crippen MR) is 136 cm³/mol. The van der Waals surface area contributed by atoms with Gasteiger partial charge in [-0.2, -0.15) is 10.2 Å². The van der Waals surface area contributed by atoms with Crippen molar-refractivity contribution in [2.24, 2.45) is 10.2 Å². The summed E-state index contributed by atoms with van der Waals surface area (Å²) < 4.78 is 22.7. The summed E-state index contributed by atoms with van der Waals surface area (Å²) in [6.45, 7) is 13.5. The lowest BCUT2D eigenvalue weighted by atomic mass is 10.2. The monoisotopic (exact) mass is 468 g/mol. The SMILES string of the molecule is CCOc1ccc(/C=N/N2CCN(/N=C/c3ccc(OCC)c(OCC)c3)CC2)cc1OCC. The Morgan fingerprint density at radius 2 is 0.941 bits per heavy atom. The Kier molecular flexibility index (Phi) is 9.88. The van der Waals surface area contributed by atoms with E-state index in [9.17, 15) is 0 Å². The highest BCUT2D eigenvalue weighted by atomic mass is 16.5. The van der Waals surface area contributed by atoms with Gasteiger partial charge < -0.3 is 18.9 Å². The van der Waals surface area contributed by atoms with Gasteiger partial charge in [0, 0.05) is 0 Å². The van der Waals surface area contributed by atoms with E-state index in [1.807, 2.05) is 76.5 Å². The van der Waals surface area contributed by atoms with Gasteiger partial charge in [-0.05, 0) is 75.2 Å². The smallest absolute Gasteiger partial charge is 0.161 e. The number of ether oxygens (including phenoxy) is 4. The Morgan fingerprint density at radius 1 is 0.588 bits per heavy atom. The third kappa shape index (κ3) is 7.30. The van der Waals surface area contributed by atoms with Crippen LogP contribution in [0.2, 0.25) is 0 Å². The first kappa shape index (κ1) is 25.2. The number of rotatable bonds is 12. The van der Waals surface area contributed by atoms with Crippen molar-refractivity contribution in [3.63, 3.8) is 0 Å². The van der Waals surface area contributed by atoms with Gasteiger partial charge in [0.25, 0.3) is 0 Å². The van der Waals surface area contributed by atoms with Crippen molar-refractivity contribution in [3.8, 4) is 23.0 Å². The van der Waals surface area contributed by atoms with E-state index in [1.54, 1.807) is 0 Å². The molecule has 1 saturated heterocycles. The zero-order chi connectivity index (χ0) is 24.2. The summed E-state index contributed by atoms with van der Waals surface area (Å²) in [5.41, 5.74) is 1.96. The van der Waals surface area contributed by atoms with Crippen LogP contribution in [-0.4, -0.2) is 75.1 Å². The van der Waals surface area contributed by atoms with Crippen LogP contribution >= 0.6 is 0 Å². The van der Waals surface area contributed by atoms with Crippen LogP contribution in [-0.2, 0) is 0 Å². The van der Waals surface area contributed by atoms with E-state index < -0.39 is 0 Å². The molecule has 34 heavy (non-hydrogen) atoms. The fourth-order valence-corrected chi connectivity index (χ4v) is 3.51. The summed E-state index contributed by atoms with van der Waals surface area (Å²) in [6, 6.07) is 11.8. The van der Waals surface area contributed by atoms with E-state index >= 15 is 0 Å². The molecule has 1 aliphatic heterocycles. The zero-order valence-electron chi connectivity index (χ0n) is 20.7. The lowest BCUT2D eigenvalue weighted by Gasteiger charge is -2.31. The maximum absolute atomic E-state index is 5.70. The van der Waals surface area contributed by atoms with Gasteiger partial charge in [0.05, 0.1) is 65.0 Å². The summed E-state index contributed by atoms with van der Waals surface area (Å²) in [7, 11) is 0. The highest BCUT2D eigenvalue weighted by Gasteiger charge is 2.14. The van der Waals surface area contributed by atoms with Crippen LogP contribution < -0.4 is 18.9 Å². The largest absolute Gasteiger partial charge is 0.490 e. The van der Waals surface area contributed by atoms with E-state index in [0.29, 0.717) is 26.4 Å². The van der Waals surface area contributed by atoms with Crippen LogP contribution in [0.1, 0.15) is 38.8 Å². The van der Waals surface area contributed by atoms with Gasteiger partial charge in [0.1, 0.15) is 0 Å². The third-order valence-corrected chi connectivity index (χ3v) is 5.11. The van der Waals surface area contributed by atoms with E-state index in [-0.39, 0.29) is 0 Å². The zero-order valence-corrected chi connectivity index (χ0v) is 20.7. The molecule has 0 amide bonds. The number of hydrogen-bond donors (Lipinski definition) is 0. The van der Waals surface area contributed by atoms with Crippen molar-refractivity contribution >= 4 is 12.4 Å². The van der Waals surface area contributed by atoms with Gasteiger partial charge in [0.15, 0.2) is 23.0 Å². The summed E-state index contributed by atoms with van der Waals surface area (Å²) >= 11 is 0. The topological polar surface area (TPSA) is 68.1 Å². The van der Waals surface area contributed by atoms with Crippen molar-refractivity contribution in [2.45, 2.75) is 27.7 Å². The van der Waals surface area contributed by atoms with Gasteiger partial charge in [-0.3, -0.25) is 10.0 Å². The number of hydrazone groups is 2. The minimum Gasteiger partial charge on any atom is -0.490 e. The van der Waals surface area contributed by atoms with Crippen LogP contribution in [0.5, 0.6) is 23.0 Å². The first-order valence-electron chi connectivity index (χ1n) is 12.0. The molecule has 2 aromatic rings.